The molecule has 158 valence electrons. The molecule has 0 aliphatic carbocycles. The number of hydrogen-bond acceptors (Lipinski definition) is 3. The lowest BCUT2D eigenvalue weighted by Crippen LogP contribution is -2.34. The van der Waals surface area contributed by atoms with Crippen molar-refractivity contribution in [1.82, 2.24) is 0 Å². The average molecular weight is 415 g/mol. The van der Waals surface area contributed by atoms with Gasteiger partial charge in [0.1, 0.15) is 5.75 Å². The molecule has 0 saturated heterocycles. The summed E-state index contributed by atoms with van der Waals surface area (Å²) in [6.07, 6.45) is 1.12. The lowest BCUT2D eigenvalue weighted by molar-refractivity contribution is -0.119. The predicted octanol–water partition coefficient (Wildman–Crippen LogP) is 5.21. The Morgan fingerprint density at radius 1 is 0.935 bits per heavy atom. The Hall–Kier alpha value is -3.80. The number of carbonyl (C=O) groups excluding carboxylic acids is 2. The molecular weight excluding hydrogens is 390 g/mol. The highest BCUT2D eigenvalue weighted by molar-refractivity contribution is 6.01. The van der Waals surface area contributed by atoms with E-state index in [0.717, 1.165) is 22.6 Å². The van der Waals surface area contributed by atoms with Crippen molar-refractivity contribution in [3.63, 3.8) is 0 Å². The Bertz CT molecular complexity index is 1070. The summed E-state index contributed by atoms with van der Waals surface area (Å²) in [6, 6.07) is 22.5. The molecule has 1 heterocycles. The maximum atomic E-state index is 12.5. The first-order valence-corrected chi connectivity index (χ1v) is 10.4. The third-order valence-corrected chi connectivity index (χ3v) is 5.14. The van der Waals surface area contributed by atoms with Crippen LogP contribution in [0.3, 0.4) is 0 Å². The standard InChI is InChI=1S/C25H25N3O3/c1-2-31-22-12-9-20(10-13-22)26-25(30)27-21-11-14-23-19(16-21)8-15-24(29)28(23)17-18-6-4-3-5-7-18/h3-7,9-14,16H,2,8,15,17H2,1H3,(H2,26,27,30). The second-order valence-electron chi connectivity index (χ2n) is 7.35. The van der Waals surface area contributed by atoms with Crippen LogP contribution in [0.25, 0.3) is 0 Å². The smallest absolute Gasteiger partial charge is 0.323 e. The molecule has 3 amide bonds. The van der Waals surface area contributed by atoms with Crippen LogP contribution < -0.4 is 20.3 Å². The monoisotopic (exact) mass is 415 g/mol. The van der Waals surface area contributed by atoms with Crippen LogP contribution in [0.1, 0.15) is 24.5 Å². The Morgan fingerprint density at radius 3 is 2.39 bits per heavy atom. The zero-order valence-electron chi connectivity index (χ0n) is 17.4. The number of hydrogen-bond donors (Lipinski definition) is 2. The van der Waals surface area contributed by atoms with E-state index in [1.54, 1.807) is 12.1 Å². The van der Waals surface area contributed by atoms with Crippen molar-refractivity contribution in [3.8, 4) is 5.75 Å². The third-order valence-electron chi connectivity index (χ3n) is 5.14. The van der Waals surface area contributed by atoms with E-state index in [4.69, 9.17) is 4.74 Å². The van der Waals surface area contributed by atoms with E-state index in [9.17, 15) is 9.59 Å². The van der Waals surface area contributed by atoms with Gasteiger partial charge in [-0.25, -0.2) is 4.79 Å². The molecular formula is C25H25N3O3. The Morgan fingerprint density at radius 2 is 1.65 bits per heavy atom. The number of nitrogens with zero attached hydrogens (tertiary/aromatic N) is 1. The number of nitrogens with one attached hydrogen (secondary N) is 2. The first-order valence-electron chi connectivity index (χ1n) is 10.4. The molecule has 0 spiro atoms. The van der Waals surface area contributed by atoms with Gasteiger partial charge in [0, 0.05) is 23.5 Å². The number of urea groups is 1. The van der Waals surface area contributed by atoms with Crippen LogP contribution in [0.2, 0.25) is 0 Å². The van der Waals surface area contributed by atoms with E-state index in [0.29, 0.717) is 37.4 Å². The van der Waals surface area contributed by atoms with E-state index >= 15 is 0 Å². The molecule has 4 rings (SSSR count). The second kappa shape index (κ2) is 9.34. The highest BCUT2D eigenvalue weighted by Gasteiger charge is 2.24. The molecule has 3 aromatic rings. The maximum absolute atomic E-state index is 12.5. The zero-order valence-corrected chi connectivity index (χ0v) is 17.4. The van der Waals surface area contributed by atoms with Crippen LogP contribution in [0, 0.1) is 0 Å². The van der Waals surface area contributed by atoms with Gasteiger partial charge in [-0.1, -0.05) is 30.3 Å². The summed E-state index contributed by atoms with van der Waals surface area (Å²) in [6.45, 7) is 3.06. The molecule has 6 nitrogen and oxygen atoms in total. The fraction of sp³-hybridized carbons (Fsp3) is 0.200. The van der Waals surface area contributed by atoms with Crippen LogP contribution in [0.4, 0.5) is 21.9 Å². The third kappa shape index (κ3) is 5.04. The van der Waals surface area contributed by atoms with Gasteiger partial charge in [0.05, 0.1) is 13.2 Å². The molecule has 0 radical (unpaired) electrons. The molecule has 3 aromatic carbocycles. The molecule has 6 heteroatoms. The minimum Gasteiger partial charge on any atom is -0.494 e. The summed E-state index contributed by atoms with van der Waals surface area (Å²) >= 11 is 0. The van der Waals surface area contributed by atoms with Crippen LogP contribution >= 0.6 is 0 Å². The Balaban J connectivity index is 1.44. The molecule has 0 aromatic heterocycles. The van der Waals surface area contributed by atoms with Gasteiger partial charge in [-0.3, -0.25) is 4.79 Å². The van der Waals surface area contributed by atoms with Gasteiger partial charge in [-0.15, -0.1) is 0 Å². The van der Waals surface area contributed by atoms with Crippen LogP contribution in [-0.4, -0.2) is 18.5 Å². The summed E-state index contributed by atoms with van der Waals surface area (Å²) in [5, 5.41) is 5.69. The van der Waals surface area contributed by atoms with Gasteiger partial charge >= 0.3 is 6.03 Å². The lowest BCUT2D eigenvalue weighted by atomic mass is 9.99. The van der Waals surface area contributed by atoms with E-state index in [1.807, 2.05) is 72.5 Å². The molecule has 0 saturated carbocycles. The van der Waals surface area contributed by atoms with Gasteiger partial charge in [-0.05, 0) is 66.9 Å². The quantitative estimate of drug-likeness (QED) is 0.581. The van der Waals surface area contributed by atoms with Crippen LogP contribution in [0.15, 0.2) is 72.8 Å². The summed E-state index contributed by atoms with van der Waals surface area (Å²) < 4.78 is 5.41. The maximum Gasteiger partial charge on any atom is 0.323 e. The average Bonchev–Trinajstić information content (AvgIpc) is 2.78. The molecule has 0 unspecified atom stereocenters. The van der Waals surface area contributed by atoms with E-state index < -0.39 is 0 Å². The van der Waals surface area contributed by atoms with Crippen LogP contribution in [0.5, 0.6) is 5.75 Å². The molecule has 2 N–H and O–H groups in total. The second-order valence-corrected chi connectivity index (χ2v) is 7.35. The summed E-state index contributed by atoms with van der Waals surface area (Å²) in [5.74, 6) is 0.878. The lowest BCUT2D eigenvalue weighted by Gasteiger charge is -2.30. The Labute approximate surface area is 181 Å². The van der Waals surface area contributed by atoms with Gasteiger partial charge in [-0.2, -0.15) is 0 Å². The molecule has 1 aliphatic heterocycles. The van der Waals surface area contributed by atoms with Gasteiger partial charge < -0.3 is 20.3 Å². The van der Waals surface area contributed by atoms with Crippen molar-refractivity contribution in [3.05, 3.63) is 83.9 Å². The zero-order chi connectivity index (χ0) is 21.6. The number of aryl methyl sites for hydroxylation is 1. The van der Waals surface area contributed by atoms with E-state index in [-0.39, 0.29) is 11.9 Å². The number of rotatable bonds is 6. The van der Waals surface area contributed by atoms with E-state index in [2.05, 4.69) is 10.6 Å². The SMILES string of the molecule is CCOc1ccc(NC(=O)Nc2ccc3c(c2)CCC(=O)N3Cc2ccccc2)cc1. The largest absolute Gasteiger partial charge is 0.494 e. The summed E-state index contributed by atoms with van der Waals surface area (Å²) in [4.78, 5) is 26.7. The summed E-state index contributed by atoms with van der Waals surface area (Å²) in [7, 11) is 0. The molecule has 31 heavy (non-hydrogen) atoms. The van der Waals surface area contributed by atoms with Gasteiger partial charge in [0.25, 0.3) is 0 Å². The van der Waals surface area contributed by atoms with Gasteiger partial charge in [0.15, 0.2) is 0 Å². The molecule has 0 atom stereocenters. The van der Waals surface area contributed by atoms with Crippen molar-refractivity contribution >= 4 is 29.0 Å². The number of fused-ring (bicyclic) bond motifs is 1. The van der Waals surface area contributed by atoms with Crippen molar-refractivity contribution in [2.24, 2.45) is 0 Å². The number of anilines is 3. The molecule has 0 fully saturated rings. The molecule has 0 bridgehead atoms. The van der Waals surface area contributed by atoms with Crippen LogP contribution in [-0.2, 0) is 17.8 Å². The fourth-order valence-corrected chi connectivity index (χ4v) is 3.67. The van der Waals surface area contributed by atoms with Crippen molar-refractivity contribution in [2.45, 2.75) is 26.3 Å². The minimum atomic E-state index is -0.322. The highest BCUT2D eigenvalue weighted by atomic mass is 16.5. The highest BCUT2D eigenvalue weighted by Crippen LogP contribution is 2.31. The van der Waals surface area contributed by atoms with E-state index in [1.165, 1.54) is 0 Å². The number of amides is 3. The number of carbonyl (C=O) groups is 2. The number of ether oxygens (including phenoxy) is 1. The summed E-state index contributed by atoms with van der Waals surface area (Å²) in [5.41, 5.74) is 4.40. The van der Waals surface area contributed by atoms with Crippen molar-refractivity contribution in [1.29, 1.82) is 0 Å². The number of benzene rings is 3. The minimum absolute atomic E-state index is 0.116. The van der Waals surface area contributed by atoms with Crippen molar-refractivity contribution < 1.29 is 14.3 Å². The topological polar surface area (TPSA) is 70.7 Å². The van der Waals surface area contributed by atoms with Crippen molar-refractivity contribution in [2.75, 3.05) is 22.1 Å². The van der Waals surface area contributed by atoms with Gasteiger partial charge in [0.2, 0.25) is 5.91 Å². The first-order chi connectivity index (χ1) is 15.1. The fourth-order valence-electron chi connectivity index (χ4n) is 3.67. The molecule has 1 aliphatic rings. The predicted molar refractivity (Wildman–Crippen MR) is 123 cm³/mol. The Kier molecular flexibility index (Phi) is 6.17. The first kappa shape index (κ1) is 20.5. The normalized spacial score (nSPS) is 12.8.